The van der Waals surface area contributed by atoms with Crippen molar-refractivity contribution >= 4 is 5.96 Å². The lowest BCUT2D eigenvalue weighted by Gasteiger charge is -2.24. The molecule has 4 N–H and O–H groups in total. The van der Waals surface area contributed by atoms with Gasteiger partial charge in [0, 0.05) is 0 Å². The minimum Gasteiger partial charge on any atom is -0.493 e. The molecule has 0 amide bonds. The predicted molar refractivity (Wildman–Crippen MR) is 98.9 cm³/mol. The molecule has 0 fully saturated rings. The van der Waals surface area contributed by atoms with Gasteiger partial charge >= 0.3 is 0 Å². The summed E-state index contributed by atoms with van der Waals surface area (Å²) in [5.41, 5.74) is 6.63. The molecule has 0 aliphatic rings. The van der Waals surface area contributed by atoms with Gasteiger partial charge in [0.25, 0.3) is 0 Å². The molecule has 0 aliphatic carbocycles. The lowest BCUT2D eigenvalue weighted by Crippen LogP contribution is -2.42. The van der Waals surface area contributed by atoms with Gasteiger partial charge in [-0.3, -0.25) is 0 Å². The van der Waals surface area contributed by atoms with Crippen molar-refractivity contribution in [2.45, 2.75) is 19.1 Å². The Labute approximate surface area is 148 Å². The van der Waals surface area contributed by atoms with E-state index in [1.54, 1.807) is 21.1 Å². The van der Waals surface area contributed by atoms with Crippen molar-refractivity contribution in [1.29, 1.82) is 0 Å². The molecule has 25 heavy (non-hydrogen) atoms. The van der Waals surface area contributed by atoms with Gasteiger partial charge in [0.15, 0.2) is 17.5 Å². The zero-order valence-corrected chi connectivity index (χ0v) is 14.8. The van der Waals surface area contributed by atoms with Gasteiger partial charge in [-0.1, -0.05) is 36.4 Å². The Morgan fingerprint density at radius 3 is 2.44 bits per heavy atom. The molecule has 2 aromatic rings. The molecule has 0 saturated heterocycles. The molecule has 0 spiro atoms. The lowest BCUT2D eigenvalue weighted by atomic mass is 9.96. The summed E-state index contributed by atoms with van der Waals surface area (Å²) in [5.74, 6) is 1.58. The van der Waals surface area contributed by atoms with E-state index in [1.165, 1.54) is 0 Å². The summed E-state index contributed by atoms with van der Waals surface area (Å²) in [4.78, 5) is 4.30. The highest BCUT2D eigenvalue weighted by atomic mass is 16.5. The third-order valence-electron chi connectivity index (χ3n) is 3.89. The molecule has 2 rings (SSSR count). The van der Waals surface area contributed by atoms with Crippen molar-refractivity contribution in [1.82, 2.24) is 5.32 Å². The first-order chi connectivity index (χ1) is 12.0. The average Bonchev–Trinajstić information content (AvgIpc) is 2.65. The number of nitrogens with two attached hydrogens (primary N) is 1. The molecule has 6 heteroatoms. The van der Waals surface area contributed by atoms with Gasteiger partial charge < -0.3 is 25.6 Å². The summed E-state index contributed by atoms with van der Waals surface area (Å²) in [6.07, 6.45) is 0. The van der Waals surface area contributed by atoms with Crippen LogP contribution < -0.4 is 20.5 Å². The normalized spacial score (nSPS) is 13.8. The van der Waals surface area contributed by atoms with Gasteiger partial charge in [-0.15, -0.1) is 0 Å². The summed E-state index contributed by atoms with van der Waals surface area (Å²) in [6.45, 7) is 2.39. The number of rotatable bonds is 7. The Bertz CT molecular complexity index is 715. The highest BCUT2D eigenvalue weighted by Crippen LogP contribution is 2.27. The average molecular weight is 343 g/mol. The summed E-state index contributed by atoms with van der Waals surface area (Å²) >= 11 is 0. The second-order valence-corrected chi connectivity index (χ2v) is 5.88. The fraction of sp³-hybridized carbons (Fsp3) is 0.316. The number of ether oxygens (including phenoxy) is 2. The van der Waals surface area contributed by atoms with Crippen LogP contribution in [0.5, 0.6) is 11.5 Å². The van der Waals surface area contributed by atoms with Crippen molar-refractivity contribution < 1.29 is 14.6 Å². The smallest absolute Gasteiger partial charge is 0.189 e. The largest absolute Gasteiger partial charge is 0.493 e. The molecular weight excluding hydrogens is 318 g/mol. The second kappa shape index (κ2) is 8.39. The van der Waals surface area contributed by atoms with Crippen LogP contribution in [-0.2, 0) is 12.1 Å². The zero-order valence-electron chi connectivity index (χ0n) is 14.8. The van der Waals surface area contributed by atoms with Gasteiger partial charge in [0.1, 0.15) is 5.60 Å². The van der Waals surface area contributed by atoms with E-state index in [0.29, 0.717) is 18.0 Å². The van der Waals surface area contributed by atoms with Gasteiger partial charge in [0.05, 0.1) is 27.3 Å². The Balaban J connectivity index is 1.96. The molecule has 0 radical (unpaired) electrons. The van der Waals surface area contributed by atoms with Crippen LogP contribution in [0.15, 0.2) is 53.5 Å². The Morgan fingerprint density at radius 1 is 1.12 bits per heavy atom. The number of benzene rings is 2. The molecular formula is C19H25N3O3. The quantitative estimate of drug-likeness (QED) is 0.529. The van der Waals surface area contributed by atoms with Crippen LogP contribution in [0, 0.1) is 0 Å². The summed E-state index contributed by atoms with van der Waals surface area (Å²) in [7, 11) is 3.18. The number of hydrogen-bond donors (Lipinski definition) is 3. The van der Waals surface area contributed by atoms with E-state index in [-0.39, 0.29) is 12.5 Å². The van der Waals surface area contributed by atoms with Crippen LogP contribution in [0.1, 0.15) is 18.1 Å². The van der Waals surface area contributed by atoms with E-state index in [1.807, 2.05) is 48.5 Å². The van der Waals surface area contributed by atoms with Crippen LogP contribution in [0.4, 0.5) is 0 Å². The molecule has 0 aliphatic heterocycles. The van der Waals surface area contributed by atoms with Crippen LogP contribution in [0.2, 0.25) is 0 Å². The van der Waals surface area contributed by atoms with E-state index in [0.717, 1.165) is 11.1 Å². The minimum absolute atomic E-state index is 0.262. The molecule has 6 nitrogen and oxygen atoms in total. The van der Waals surface area contributed by atoms with Crippen molar-refractivity contribution in [3.63, 3.8) is 0 Å². The maximum atomic E-state index is 10.5. The van der Waals surface area contributed by atoms with E-state index < -0.39 is 5.60 Å². The second-order valence-electron chi connectivity index (χ2n) is 5.88. The number of nitrogens with zero attached hydrogens (tertiary/aromatic N) is 1. The molecule has 0 bridgehead atoms. The summed E-state index contributed by atoms with van der Waals surface area (Å²) in [5, 5.41) is 13.5. The molecule has 0 aromatic heterocycles. The van der Waals surface area contributed by atoms with Crippen LogP contribution in [-0.4, -0.2) is 31.8 Å². The standard InChI is InChI=1S/C19H25N3O3/c1-19(23,15-7-5-4-6-8-15)13-22-18(20)21-12-14-9-10-16(24-2)17(11-14)25-3/h4-11,23H,12-13H2,1-3H3,(H3,20,21,22). The van der Waals surface area contributed by atoms with Gasteiger partial charge in [-0.25, -0.2) is 4.99 Å². The first kappa shape index (κ1) is 18.6. The van der Waals surface area contributed by atoms with Gasteiger partial charge in [-0.05, 0) is 30.2 Å². The van der Waals surface area contributed by atoms with Gasteiger partial charge in [-0.2, -0.15) is 0 Å². The van der Waals surface area contributed by atoms with Crippen molar-refractivity contribution in [2.24, 2.45) is 10.7 Å². The molecule has 1 atom stereocenters. The Hall–Kier alpha value is -2.73. The van der Waals surface area contributed by atoms with E-state index in [2.05, 4.69) is 10.3 Å². The van der Waals surface area contributed by atoms with Crippen molar-refractivity contribution in [3.8, 4) is 11.5 Å². The highest BCUT2D eigenvalue weighted by Gasteiger charge is 2.22. The van der Waals surface area contributed by atoms with E-state index in [4.69, 9.17) is 15.2 Å². The lowest BCUT2D eigenvalue weighted by molar-refractivity contribution is 0.0618. The molecule has 0 heterocycles. The third kappa shape index (κ3) is 5.12. The van der Waals surface area contributed by atoms with Gasteiger partial charge in [0.2, 0.25) is 0 Å². The van der Waals surface area contributed by atoms with Crippen LogP contribution in [0.25, 0.3) is 0 Å². The minimum atomic E-state index is -1.04. The van der Waals surface area contributed by atoms with Crippen LogP contribution >= 0.6 is 0 Å². The Kier molecular flexibility index (Phi) is 6.25. The number of aliphatic hydroxyl groups is 1. The van der Waals surface area contributed by atoms with Crippen LogP contribution in [0.3, 0.4) is 0 Å². The highest BCUT2D eigenvalue weighted by molar-refractivity contribution is 5.77. The first-order valence-electron chi connectivity index (χ1n) is 7.99. The Morgan fingerprint density at radius 2 is 1.80 bits per heavy atom. The number of methoxy groups -OCH3 is 2. The molecule has 134 valence electrons. The van der Waals surface area contributed by atoms with Crippen molar-refractivity contribution in [3.05, 3.63) is 59.7 Å². The van der Waals surface area contributed by atoms with E-state index in [9.17, 15) is 5.11 Å². The summed E-state index contributed by atoms with van der Waals surface area (Å²) < 4.78 is 10.5. The summed E-state index contributed by atoms with van der Waals surface area (Å²) in [6, 6.07) is 15.0. The maximum Gasteiger partial charge on any atom is 0.189 e. The number of hydrogen-bond acceptors (Lipinski definition) is 4. The predicted octanol–water partition coefficient (Wildman–Crippen LogP) is 2.02. The zero-order chi connectivity index (χ0) is 18.3. The number of aliphatic imine (C=N–C) groups is 1. The topological polar surface area (TPSA) is 89.1 Å². The van der Waals surface area contributed by atoms with Crippen molar-refractivity contribution in [2.75, 3.05) is 20.8 Å². The van der Waals surface area contributed by atoms with E-state index >= 15 is 0 Å². The maximum absolute atomic E-state index is 10.5. The number of nitrogens with one attached hydrogen (secondary N) is 1. The first-order valence-corrected chi connectivity index (χ1v) is 7.99. The molecule has 1 unspecified atom stereocenters. The molecule has 0 saturated carbocycles. The third-order valence-corrected chi connectivity index (χ3v) is 3.89. The fourth-order valence-electron chi connectivity index (χ4n) is 2.37. The number of guanidine groups is 1. The fourth-order valence-corrected chi connectivity index (χ4v) is 2.37. The monoisotopic (exact) mass is 343 g/mol. The SMILES string of the molecule is COc1ccc(CN=C(N)NCC(C)(O)c2ccccc2)cc1OC. The molecule has 2 aromatic carbocycles.